The second-order valence-electron chi connectivity index (χ2n) is 4.70. The van der Waals surface area contributed by atoms with Gasteiger partial charge in [0.25, 0.3) is 0 Å². The van der Waals surface area contributed by atoms with Crippen molar-refractivity contribution in [2.75, 3.05) is 13.2 Å². The summed E-state index contributed by atoms with van der Waals surface area (Å²) < 4.78 is 12.0. The normalized spacial score (nSPS) is 12.2. The SMILES string of the molecule is CCCCCC(O)c1cc(OCC)c(OCC)cc1Br. The van der Waals surface area contributed by atoms with Crippen LogP contribution in [0.3, 0.4) is 0 Å². The van der Waals surface area contributed by atoms with Gasteiger partial charge in [-0.15, -0.1) is 0 Å². The van der Waals surface area contributed by atoms with E-state index in [4.69, 9.17) is 9.47 Å². The van der Waals surface area contributed by atoms with Crippen molar-refractivity contribution >= 4 is 15.9 Å². The van der Waals surface area contributed by atoms with Crippen LogP contribution in [0.2, 0.25) is 0 Å². The van der Waals surface area contributed by atoms with Crippen LogP contribution in [0.4, 0.5) is 0 Å². The lowest BCUT2D eigenvalue weighted by Gasteiger charge is -2.17. The molecule has 0 radical (unpaired) electrons. The topological polar surface area (TPSA) is 38.7 Å². The van der Waals surface area contributed by atoms with Gasteiger partial charge in [-0.1, -0.05) is 42.1 Å². The quantitative estimate of drug-likeness (QED) is 0.650. The average Bonchev–Trinajstić information content (AvgIpc) is 2.42. The Labute approximate surface area is 130 Å². The van der Waals surface area contributed by atoms with Crippen molar-refractivity contribution < 1.29 is 14.6 Å². The summed E-state index contributed by atoms with van der Waals surface area (Å²) in [6.45, 7) is 7.20. The molecular formula is C16H25BrO3. The van der Waals surface area contributed by atoms with Crippen LogP contribution in [0.5, 0.6) is 11.5 Å². The smallest absolute Gasteiger partial charge is 0.162 e. The highest BCUT2D eigenvalue weighted by Gasteiger charge is 2.16. The molecule has 0 saturated carbocycles. The van der Waals surface area contributed by atoms with E-state index in [-0.39, 0.29) is 0 Å². The van der Waals surface area contributed by atoms with E-state index in [2.05, 4.69) is 22.9 Å². The average molecular weight is 345 g/mol. The number of rotatable bonds is 9. The Morgan fingerprint density at radius 2 is 1.65 bits per heavy atom. The van der Waals surface area contributed by atoms with Gasteiger partial charge in [0.05, 0.1) is 19.3 Å². The highest BCUT2D eigenvalue weighted by atomic mass is 79.9. The predicted molar refractivity (Wildman–Crippen MR) is 85.6 cm³/mol. The number of halogens is 1. The molecule has 1 atom stereocenters. The molecule has 0 spiro atoms. The maximum Gasteiger partial charge on any atom is 0.162 e. The van der Waals surface area contributed by atoms with Crippen molar-refractivity contribution in [3.63, 3.8) is 0 Å². The standard InChI is InChI=1S/C16H25BrO3/c1-4-7-8-9-14(18)12-10-15(19-5-2)16(20-6-3)11-13(12)17/h10-11,14,18H,4-9H2,1-3H3. The minimum Gasteiger partial charge on any atom is -0.490 e. The van der Waals surface area contributed by atoms with Gasteiger partial charge in [-0.25, -0.2) is 0 Å². The molecule has 4 heteroatoms. The number of benzene rings is 1. The minimum absolute atomic E-state index is 0.467. The molecule has 1 aromatic carbocycles. The van der Waals surface area contributed by atoms with Crippen LogP contribution >= 0.6 is 15.9 Å². The third-order valence-electron chi connectivity index (χ3n) is 3.10. The van der Waals surface area contributed by atoms with Crippen LogP contribution in [0, 0.1) is 0 Å². The van der Waals surface area contributed by atoms with E-state index in [0.29, 0.717) is 24.7 Å². The first kappa shape index (κ1) is 17.3. The number of hydrogen-bond donors (Lipinski definition) is 1. The lowest BCUT2D eigenvalue weighted by Crippen LogP contribution is -2.03. The lowest BCUT2D eigenvalue weighted by atomic mass is 10.0. The molecule has 1 N–H and O–H groups in total. The molecule has 0 amide bonds. The molecule has 0 aromatic heterocycles. The van der Waals surface area contributed by atoms with E-state index in [1.807, 2.05) is 26.0 Å². The molecule has 0 fully saturated rings. The van der Waals surface area contributed by atoms with E-state index < -0.39 is 6.10 Å². The molecule has 0 saturated heterocycles. The summed E-state index contributed by atoms with van der Waals surface area (Å²) in [5.41, 5.74) is 0.869. The molecule has 0 bridgehead atoms. The Morgan fingerprint density at radius 3 is 2.20 bits per heavy atom. The number of aliphatic hydroxyl groups is 1. The van der Waals surface area contributed by atoms with Gasteiger partial charge in [-0.3, -0.25) is 0 Å². The van der Waals surface area contributed by atoms with Gasteiger partial charge in [0.15, 0.2) is 11.5 Å². The predicted octanol–water partition coefficient (Wildman–Crippen LogP) is 4.86. The summed E-state index contributed by atoms with van der Waals surface area (Å²) in [7, 11) is 0. The fraction of sp³-hybridized carbons (Fsp3) is 0.625. The van der Waals surface area contributed by atoms with E-state index >= 15 is 0 Å². The van der Waals surface area contributed by atoms with Gasteiger partial charge in [0, 0.05) is 4.47 Å². The van der Waals surface area contributed by atoms with Crippen LogP contribution < -0.4 is 9.47 Å². The third-order valence-corrected chi connectivity index (χ3v) is 3.79. The lowest BCUT2D eigenvalue weighted by molar-refractivity contribution is 0.162. The Bertz CT molecular complexity index is 407. The molecule has 0 aliphatic heterocycles. The van der Waals surface area contributed by atoms with Crippen molar-refractivity contribution in [3.8, 4) is 11.5 Å². The minimum atomic E-state index is -0.467. The molecule has 0 aliphatic carbocycles. The Hall–Kier alpha value is -0.740. The van der Waals surface area contributed by atoms with Crippen LogP contribution in [0.1, 0.15) is 58.1 Å². The van der Waals surface area contributed by atoms with Crippen LogP contribution in [0.25, 0.3) is 0 Å². The monoisotopic (exact) mass is 344 g/mol. The van der Waals surface area contributed by atoms with Gasteiger partial charge in [-0.2, -0.15) is 0 Å². The Kier molecular flexibility index (Phi) is 8.00. The molecule has 3 nitrogen and oxygen atoms in total. The van der Waals surface area contributed by atoms with Crippen LogP contribution in [0.15, 0.2) is 16.6 Å². The highest BCUT2D eigenvalue weighted by molar-refractivity contribution is 9.10. The third kappa shape index (κ3) is 4.98. The van der Waals surface area contributed by atoms with Crippen LogP contribution in [-0.4, -0.2) is 18.3 Å². The fourth-order valence-electron chi connectivity index (χ4n) is 2.09. The maximum atomic E-state index is 10.3. The summed E-state index contributed by atoms with van der Waals surface area (Å²) in [5.74, 6) is 1.41. The van der Waals surface area contributed by atoms with E-state index in [1.165, 1.54) is 0 Å². The summed E-state index contributed by atoms with van der Waals surface area (Å²) >= 11 is 3.52. The molecular weight excluding hydrogens is 320 g/mol. The number of ether oxygens (including phenoxy) is 2. The summed E-state index contributed by atoms with van der Waals surface area (Å²) in [6, 6.07) is 3.77. The molecule has 1 unspecified atom stereocenters. The van der Waals surface area contributed by atoms with Crippen molar-refractivity contribution in [2.45, 2.75) is 52.6 Å². The molecule has 20 heavy (non-hydrogen) atoms. The summed E-state index contributed by atoms with van der Waals surface area (Å²) in [6.07, 6.45) is 3.63. The first-order valence-corrected chi connectivity index (χ1v) is 8.20. The first-order valence-electron chi connectivity index (χ1n) is 7.41. The number of hydrogen-bond acceptors (Lipinski definition) is 3. The first-order chi connectivity index (χ1) is 9.63. The van der Waals surface area contributed by atoms with Gasteiger partial charge >= 0.3 is 0 Å². The summed E-state index contributed by atoms with van der Waals surface area (Å²) in [4.78, 5) is 0. The highest BCUT2D eigenvalue weighted by Crippen LogP contribution is 2.37. The van der Waals surface area contributed by atoms with Gasteiger partial charge in [0.1, 0.15) is 0 Å². The van der Waals surface area contributed by atoms with Crippen molar-refractivity contribution in [3.05, 3.63) is 22.2 Å². The van der Waals surface area contributed by atoms with E-state index in [0.717, 1.165) is 35.7 Å². The fourth-order valence-corrected chi connectivity index (χ4v) is 2.67. The maximum absolute atomic E-state index is 10.3. The molecule has 1 rings (SSSR count). The number of unbranched alkanes of at least 4 members (excludes halogenated alkanes) is 2. The summed E-state index contributed by atoms with van der Waals surface area (Å²) in [5, 5.41) is 10.3. The second-order valence-corrected chi connectivity index (χ2v) is 5.55. The molecule has 0 aliphatic rings. The zero-order valence-corrected chi connectivity index (χ0v) is 14.2. The largest absolute Gasteiger partial charge is 0.490 e. The van der Waals surface area contributed by atoms with E-state index in [9.17, 15) is 5.11 Å². The molecule has 0 heterocycles. The Morgan fingerprint density at radius 1 is 1.05 bits per heavy atom. The molecule has 114 valence electrons. The van der Waals surface area contributed by atoms with Crippen molar-refractivity contribution in [1.82, 2.24) is 0 Å². The van der Waals surface area contributed by atoms with Crippen molar-refractivity contribution in [2.24, 2.45) is 0 Å². The van der Waals surface area contributed by atoms with E-state index in [1.54, 1.807) is 0 Å². The zero-order chi connectivity index (χ0) is 15.0. The van der Waals surface area contributed by atoms with Gasteiger partial charge < -0.3 is 14.6 Å². The Balaban J connectivity index is 2.92. The van der Waals surface area contributed by atoms with Gasteiger partial charge in [-0.05, 0) is 38.0 Å². The van der Waals surface area contributed by atoms with Crippen molar-refractivity contribution in [1.29, 1.82) is 0 Å². The number of aliphatic hydroxyl groups excluding tert-OH is 1. The molecule has 1 aromatic rings. The van der Waals surface area contributed by atoms with Gasteiger partial charge in [0.2, 0.25) is 0 Å². The van der Waals surface area contributed by atoms with Crippen LogP contribution in [-0.2, 0) is 0 Å². The zero-order valence-electron chi connectivity index (χ0n) is 12.6. The second kappa shape index (κ2) is 9.24.